The first-order chi connectivity index (χ1) is 33.3. The lowest BCUT2D eigenvalue weighted by Gasteiger charge is -2.33. The molecule has 4 amide bonds. The SMILES string of the molecule is CCOc1c(-c2c(/C=C/C(=O)N3CCN(C(C)=O)CC3)ccc(Sc3ccc(/C=C/C(=O)N4CCN(C(C)=O)CC4)c(-c4cc(Cl)c5cccnc5c4OCC)c3Cl)c2Cl)cc(Cl)c2cccnc12. The van der Waals surface area contributed by atoms with E-state index in [1.54, 1.807) is 68.4 Å². The smallest absolute Gasteiger partial charge is 0.246 e. The van der Waals surface area contributed by atoms with Crippen LogP contribution in [0.25, 0.3) is 56.2 Å². The lowest BCUT2D eigenvalue weighted by molar-refractivity contribution is -0.135. The highest BCUT2D eigenvalue weighted by Gasteiger charge is 2.27. The van der Waals surface area contributed by atoms with Crippen molar-refractivity contribution in [2.24, 2.45) is 0 Å². The number of piperazine rings is 2. The topological polar surface area (TPSA) is 125 Å². The minimum absolute atomic E-state index is 0.0239. The molecule has 0 aliphatic carbocycles. The van der Waals surface area contributed by atoms with Gasteiger partial charge in [0.2, 0.25) is 23.6 Å². The van der Waals surface area contributed by atoms with Gasteiger partial charge in [-0.1, -0.05) is 70.3 Å². The highest BCUT2D eigenvalue weighted by Crippen LogP contribution is 2.51. The largest absolute Gasteiger partial charge is 0.491 e. The molecule has 0 unspecified atom stereocenters. The number of amides is 4. The Bertz CT molecular complexity index is 2860. The van der Waals surface area contributed by atoms with Gasteiger partial charge in [-0.3, -0.25) is 29.1 Å². The molecule has 69 heavy (non-hydrogen) atoms. The van der Waals surface area contributed by atoms with E-state index in [1.165, 1.54) is 37.8 Å². The number of halogens is 4. The van der Waals surface area contributed by atoms with Gasteiger partial charge in [-0.05, 0) is 85.7 Å². The van der Waals surface area contributed by atoms with Crippen LogP contribution >= 0.6 is 58.2 Å². The molecule has 17 heteroatoms. The van der Waals surface area contributed by atoms with Crippen LogP contribution in [0, 0.1) is 0 Å². The van der Waals surface area contributed by atoms with E-state index in [2.05, 4.69) is 9.97 Å². The molecule has 2 fully saturated rings. The van der Waals surface area contributed by atoms with Gasteiger partial charge in [-0.15, -0.1) is 0 Å². The van der Waals surface area contributed by atoms with E-state index in [1.807, 2.05) is 50.2 Å². The predicted octanol–water partition coefficient (Wildman–Crippen LogP) is 11.1. The number of nitrogens with zero attached hydrogens (tertiary/aromatic N) is 6. The maximum Gasteiger partial charge on any atom is 0.246 e. The third-order valence-electron chi connectivity index (χ3n) is 12.1. The Labute approximate surface area is 424 Å². The van der Waals surface area contributed by atoms with Gasteiger partial charge in [-0.25, -0.2) is 0 Å². The lowest BCUT2D eigenvalue weighted by atomic mass is 9.96. The van der Waals surface area contributed by atoms with Crippen LogP contribution in [0.2, 0.25) is 20.1 Å². The molecule has 4 heterocycles. The molecule has 12 nitrogen and oxygen atoms in total. The van der Waals surface area contributed by atoms with Crippen LogP contribution in [0.4, 0.5) is 0 Å². The zero-order valence-electron chi connectivity index (χ0n) is 38.4. The first-order valence-corrected chi connectivity index (χ1v) is 24.8. The Balaban J connectivity index is 1.25. The van der Waals surface area contributed by atoms with Gasteiger partial charge in [0.1, 0.15) is 11.0 Å². The molecule has 2 saturated heterocycles. The van der Waals surface area contributed by atoms with Crippen LogP contribution in [0.3, 0.4) is 0 Å². The summed E-state index contributed by atoms with van der Waals surface area (Å²) in [5.41, 5.74) is 4.57. The summed E-state index contributed by atoms with van der Waals surface area (Å²) in [6, 6.07) is 18.4. The van der Waals surface area contributed by atoms with E-state index in [0.717, 1.165) is 0 Å². The van der Waals surface area contributed by atoms with E-state index in [0.29, 0.717) is 162 Å². The number of pyridine rings is 2. The van der Waals surface area contributed by atoms with Crippen molar-refractivity contribution in [1.29, 1.82) is 0 Å². The molecule has 2 aliphatic rings. The molecule has 2 aromatic heterocycles. The number of hydrogen-bond donors (Lipinski definition) is 0. The summed E-state index contributed by atoms with van der Waals surface area (Å²) < 4.78 is 12.6. The van der Waals surface area contributed by atoms with Crippen molar-refractivity contribution in [3.63, 3.8) is 0 Å². The number of rotatable bonds is 12. The van der Waals surface area contributed by atoms with Gasteiger partial charge < -0.3 is 29.1 Å². The second-order valence-electron chi connectivity index (χ2n) is 16.3. The summed E-state index contributed by atoms with van der Waals surface area (Å²) in [6.45, 7) is 10.9. The molecule has 4 aromatic carbocycles. The van der Waals surface area contributed by atoms with E-state index < -0.39 is 0 Å². The maximum absolute atomic E-state index is 13.6. The summed E-state index contributed by atoms with van der Waals surface area (Å²) in [7, 11) is 0. The van der Waals surface area contributed by atoms with Crippen molar-refractivity contribution >= 4 is 116 Å². The molecular weight excluding hydrogens is 978 g/mol. The summed E-state index contributed by atoms with van der Waals surface area (Å²) in [5, 5.41) is 2.93. The molecular formula is C52H48Cl4N6O6S. The van der Waals surface area contributed by atoms with Crippen molar-refractivity contribution in [2.75, 3.05) is 65.6 Å². The molecule has 8 rings (SSSR count). The summed E-state index contributed by atoms with van der Waals surface area (Å²) >= 11 is 30.5. The Morgan fingerprint density at radius 2 is 0.957 bits per heavy atom. The lowest BCUT2D eigenvalue weighted by Crippen LogP contribution is -2.49. The Morgan fingerprint density at radius 1 is 0.580 bits per heavy atom. The van der Waals surface area contributed by atoms with Crippen molar-refractivity contribution in [2.45, 2.75) is 37.5 Å². The zero-order valence-corrected chi connectivity index (χ0v) is 42.2. The third kappa shape index (κ3) is 10.5. The first-order valence-electron chi connectivity index (χ1n) is 22.5. The second kappa shape index (κ2) is 21.9. The average Bonchev–Trinajstić information content (AvgIpc) is 3.35. The fourth-order valence-electron chi connectivity index (χ4n) is 8.57. The fraction of sp³-hybridized carbons (Fsp3) is 0.269. The number of hydrogen-bond acceptors (Lipinski definition) is 9. The van der Waals surface area contributed by atoms with Gasteiger partial charge in [0, 0.05) is 134 Å². The van der Waals surface area contributed by atoms with Gasteiger partial charge >= 0.3 is 0 Å². The second-order valence-corrected chi connectivity index (χ2v) is 18.9. The highest BCUT2D eigenvalue weighted by molar-refractivity contribution is 7.99. The molecule has 0 spiro atoms. The molecule has 0 radical (unpaired) electrons. The Morgan fingerprint density at radius 3 is 1.32 bits per heavy atom. The molecule has 0 atom stereocenters. The molecule has 6 aromatic rings. The predicted molar refractivity (Wildman–Crippen MR) is 277 cm³/mol. The van der Waals surface area contributed by atoms with Crippen LogP contribution in [-0.4, -0.2) is 119 Å². The summed E-state index contributed by atoms with van der Waals surface area (Å²) in [5.74, 6) is 0.485. The number of benzene rings is 4. The van der Waals surface area contributed by atoms with Crippen LogP contribution in [0.1, 0.15) is 38.8 Å². The van der Waals surface area contributed by atoms with Crippen molar-refractivity contribution < 1.29 is 28.7 Å². The standard InChI is InChI=1S/C52H48Cl4N6O6S/c1-5-67-51-37(29-39(53)35-9-7-19-57-49(35)51)45-33(13-17-43(65)61-25-21-59(22-26-61)31(3)63)11-15-41(47(45)55)69-42-16-12-34(14-18-44(66)62-27-23-60(24-28-62)32(4)64)46(48(42)56)38-30-40(54)36-10-8-20-58-50(36)52(38)68-6-2/h7-20,29-30H,5-6,21-28H2,1-4H3/b17-13+,18-14+. The van der Waals surface area contributed by atoms with Gasteiger partial charge in [-0.2, -0.15) is 0 Å². The van der Waals surface area contributed by atoms with Crippen molar-refractivity contribution in [1.82, 2.24) is 29.6 Å². The van der Waals surface area contributed by atoms with Gasteiger partial charge in [0.05, 0.1) is 33.3 Å². The van der Waals surface area contributed by atoms with E-state index in [-0.39, 0.29) is 23.6 Å². The number of carbonyl (C=O) groups is 4. The summed E-state index contributed by atoms with van der Waals surface area (Å²) in [6.07, 6.45) is 9.82. The highest BCUT2D eigenvalue weighted by atomic mass is 35.5. The molecule has 2 aliphatic heterocycles. The fourth-order valence-corrected chi connectivity index (χ4v) is 10.8. The molecule has 356 valence electrons. The Hall–Kier alpha value is -5.83. The molecule has 0 bridgehead atoms. The van der Waals surface area contributed by atoms with E-state index in [4.69, 9.17) is 55.9 Å². The van der Waals surface area contributed by atoms with Crippen LogP contribution < -0.4 is 9.47 Å². The van der Waals surface area contributed by atoms with E-state index in [9.17, 15) is 19.2 Å². The zero-order chi connectivity index (χ0) is 48.9. The van der Waals surface area contributed by atoms with Crippen LogP contribution in [-0.2, 0) is 19.2 Å². The van der Waals surface area contributed by atoms with Crippen LogP contribution in [0.15, 0.2) is 95.0 Å². The van der Waals surface area contributed by atoms with Crippen molar-refractivity contribution in [3.05, 3.63) is 116 Å². The quantitative estimate of drug-likeness (QED) is 0.110. The minimum Gasteiger partial charge on any atom is -0.491 e. The maximum atomic E-state index is 13.6. The number of fused-ring (bicyclic) bond motifs is 2. The normalized spacial score (nSPS) is 14.4. The Kier molecular flexibility index (Phi) is 15.7. The third-order valence-corrected chi connectivity index (χ3v) is 14.8. The van der Waals surface area contributed by atoms with Crippen LogP contribution in [0.5, 0.6) is 11.5 Å². The first kappa shape index (κ1) is 49.6. The van der Waals surface area contributed by atoms with Gasteiger partial charge in [0.15, 0.2) is 11.5 Å². The number of ether oxygens (including phenoxy) is 2. The van der Waals surface area contributed by atoms with E-state index >= 15 is 0 Å². The van der Waals surface area contributed by atoms with Gasteiger partial charge in [0.25, 0.3) is 0 Å². The number of carbonyl (C=O) groups excluding carboxylic acids is 4. The summed E-state index contributed by atoms with van der Waals surface area (Å²) in [4.78, 5) is 68.6. The minimum atomic E-state index is -0.205. The monoisotopic (exact) mass is 1020 g/mol. The number of aromatic nitrogens is 2. The molecule has 0 saturated carbocycles. The van der Waals surface area contributed by atoms with Crippen molar-refractivity contribution in [3.8, 4) is 33.8 Å². The molecule has 0 N–H and O–H groups in total. The average molecular weight is 1030 g/mol.